The first-order chi connectivity index (χ1) is 13.0. The molecule has 1 aliphatic heterocycles. The van der Waals surface area contributed by atoms with E-state index in [-0.39, 0.29) is 23.7 Å². The number of hydrogen-bond donors (Lipinski definition) is 2. The van der Waals surface area contributed by atoms with Gasteiger partial charge in [-0.2, -0.15) is 0 Å². The summed E-state index contributed by atoms with van der Waals surface area (Å²) in [5.41, 5.74) is 0. The number of carbonyl (C=O) groups is 2. The van der Waals surface area contributed by atoms with E-state index in [0.717, 1.165) is 0 Å². The number of fused-ring (bicyclic) bond motifs is 1. The fourth-order valence-corrected chi connectivity index (χ4v) is 3.09. The molecular weight excluding hydrogens is 370 g/mol. The van der Waals surface area contributed by atoms with Crippen molar-refractivity contribution in [2.24, 2.45) is 0 Å². The van der Waals surface area contributed by atoms with Crippen LogP contribution in [0.25, 0.3) is 0 Å². The Morgan fingerprint density at radius 2 is 2.11 bits per heavy atom. The van der Waals surface area contributed by atoms with Crippen LogP contribution in [0, 0.1) is 6.92 Å². The minimum Gasteiger partial charge on any atom is -0.486 e. The summed E-state index contributed by atoms with van der Waals surface area (Å²) in [6.45, 7) is 4.19. The second-order valence-corrected chi connectivity index (χ2v) is 7.40. The molecule has 144 valence electrons. The summed E-state index contributed by atoms with van der Waals surface area (Å²) in [6.07, 6.45) is -0.245. The summed E-state index contributed by atoms with van der Waals surface area (Å²) in [4.78, 5) is 24.1. The van der Waals surface area contributed by atoms with Crippen molar-refractivity contribution >= 4 is 29.4 Å². The van der Waals surface area contributed by atoms with Gasteiger partial charge in [0, 0.05) is 6.07 Å². The van der Waals surface area contributed by atoms with Crippen molar-refractivity contribution in [3.05, 3.63) is 36.1 Å². The number of amides is 2. The van der Waals surface area contributed by atoms with Gasteiger partial charge in [0.2, 0.25) is 11.8 Å². The molecule has 0 saturated heterocycles. The maximum Gasteiger partial charge on any atom is 0.238 e. The molecule has 3 rings (SSSR count). The molecule has 0 unspecified atom stereocenters. The molecule has 0 radical (unpaired) electrons. The van der Waals surface area contributed by atoms with Gasteiger partial charge in [-0.1, -0.05) is 17.3 Å². The Morgan fingerprint density at radius 3 is 2.85 bits per heavy atom. The van der Waals surface area contributed by atoms with Crippen molar-refractivity contribution in [2.75, 3.05) is 24.2 Å². The van der Waals surface area contributed by atoms with Gasteiger partial charge < -0.3 is 24.6 Å². The van der Waals surface area contributed by atoms with E-state index >= 15 is 0 Å². The number of para-hydroxylation sites is 2. The molecule has 0 fully saturated rings. The summed E-state index contributed by atoms with van der Waals surface area (Å²) in [7, 11) is 0. The number of benzene rings is 1. The summed E-state index contributed by atoms with van der Waals surface area (Å²) >= 11 is 1.24. The molecule has 1 aliphatic rings. The first-order valence-electron chi connectivity index (χ1n) is 8.52. The molecule has 27 heavy (non-hydrogen) atoms. The molecule has 2 aromatic rings. The number of anilines is 1. The number of nitrogens with one attached hydrogen (secondary N) is 2. The maximum atomic E-state index is 12.1. The van der Waals surface area contributed by atoms with E-state index in [1.807, 2.05) is 24.3 Å². The molecule has 2 heterocycles. The average Bonchev–Trinajstić information content (AvgIpc) is 3.08. The highest BCUT2D eigenvalue weighted by Crippen LogP contribution is 2.30. The number of thioether (sulfide) groups is 1. The Balaban J connectivity index is 1.36. The lowest BCUT2D eigenvalue weighted by Crippen LogP contribution is -2.41. The summed E-state index contributed by atoms with van der Waals surface area (Å²) < 4.78 is 16.3. The zero-order valence-corrected chi connectivity index (χ0v) is 15.9. The topological polar surface area (TPSA) is 103 Å². The van der Waals surface area contributed by atoms with E-state index in [2.05, 4.69) is 15.8 Å². The third kappa shape index (κ3) is 5.40. The molecule has 1 aromatic carbocycles. The first-order valence-corrected chi connectivity index (χ1v) is 9.57. The van der Waals surface area contributed by atoms with Gasteiger partial charge in [-0.3, -0.25) is 9.59 Å². The van der Waals surface area contributed by atoms with Crippen LogP contribution in [0.5, 0.6) is 11.5 Å². The fraction of sp³-hybridized carbons (Fsp3) is 0.389. The molecule has 8 nitrogen and oxygen atoms in total. The molecule has 0 saturated carbocycles. The van der Waals surface area contributed by atoms with Crippen LogP contribution in [-0.4, -0.2) is 47.2 Å². The average molecular weight is 391 g/mol. The van der Waals surface area contributed by atoms with Crippen LogP contribution in [0.4, 0.5) is 5.82 Å². The predicted molar refractivity (Wildman–Crippen MR) is 101 cm³/mol. The molecule has 0 aliphatic carbocycles. The van der Waals surface area contributed by atoms with Crippen LogP contribution in [0.1, 0.15) is 12.7 Å². The van der Waals surface area contributed by atoms with Crippen LogP contribution in [0.3, 0.4) is 0 Å². The van der Waals surface area contributed by atoms with Crippen LogP contribution in [0.15, 0.2) is 34.9 Å². The lowest BCUT2D eigenvalue weighted by molar-refractivity contribution is -0.119. The second-order valence-electron chi connectivity index (χ2n) is 6.07. The van der Waals surface area contributed by atoms with Gasteiger partial charge in [0.1, 0.15) is 18.5 Å². The van der Waals surface area contributed by atoms with Gasteiger partial charge in [0.15, 0.2) is 17.3 Å². The Morgan fingerprint density at radius 1 is 1.33 bits per heavy atom. The van der Waals surface area contributed by atoms with E-state index in [1.165, 1.54) is 11.8 Å². The van der Waals surface area contributed by atoms with E-state index < -0.39 is 5.25 Å². The molecule has 9 heteroatoms. The van der Waals surface area contributed by atoms with Gasteiger partial charge in [0.05, 0.1) is 17.5 Å². The van der Waals surface area contributed by atoms with Gasteiger partial charge in [-0.05, 0) is 26.0 Å². The van der Waals surface area contributed by atoms with Crippen LogP contribution < -0.4 is 20.1 Å². The summed E-state index contributed by atoms with van der Waals surface area (Å²) in [5, 5.41) is 8.75. The van der Waals surface area contributed by atoms with Gasteiger partial charge in [-0.15, -0.1) is 11.8 Å². The lowest BCUT2D eigenvalue weighted by Gasteiger charge is -2.26. The van der Waals surface area contributed by atoms with E-state index in [9.17, 15) is 9.59 Å². The summed E-state index contributed by atoms with van der Waals surface area (Å²) in [6, 6.07) is 9.05. The third-order valence-electron chi connectivity index (χ3n) is 3.81. The molecular formula is C18H21N3O5S. The SMILES string of the molecule is Cc1cc(NC(=O)[C@@H](C)SCC(=O)NC[C@@H]2COc3ccccc3O2)no1. The normalized spacial score (nSPS) is 16.4. The lowest BCUT2D eigenvalue weighted by atomic mass is 10.2. The minimum atomic E-state index is -0.408. The Kier molecular flexibility index (Phi) is 6.23. The standard InChI is InChI=1S/C18H21N3O5S/c1-11-7-16(21-26-11)20-18(23)12(2)27-10-17(22)19-8-13-9-24-14-5-3-4-6-15(14)25-13/h3-7,12-13H,8-10H2,1-2H3,(H,19,22)(H,20,21,23)/t12-,13-/m1/s1. The Bertz CT molecular complexity index is 810. The fourth-order valence-electron chi connectivity index (χ4n) is 2.37. The number of aryl methyl sites for hydroxylation is 1. The number of aromatic nitrogens is 1. The zero-order valence-electron chi connectivity index (χ0n) is 15.1. The number of ether oxygens (including phenoxy) is 2. The number of nitrogens with zero attached hydrogens (tertiary/aromatic N) is 1. The van der Waals surface area contributed by atoms with Crippen LogP contribution >= 0.6 is 11.8 Å². The molecule has 2 atom stereocenters. The maximum absolute atomic E-state index is 12.1. The van der Waals surface area contributed by atoms with E-state index in [1.54, 1.807) is 19.9 Å². The van der Waals surface area contributed by atoms with E-state index in [0.29, 0.717) is 36.2 Å². The second kappa shape index (κ2) is 8.81. The van der Waals surface area contributed by atoms with Crippen LogP contribution in [0.2, 0.25) is 0 Å². The predicted octanol–water partition coefficient (Wildman–Crippen LogP) is 2.00. The quantitative estimate of drug-likeness (QED) is 0.744. The highest BCUT2D eigenvalue weighted by molar-refractivity contribution is 8.01. The Labute approximate surface area is 161 Å². The van der Waals surface area contributed by atoms with Gasteiger partial charge in [-0.25, -0.2) is 0 Å². The van der Waals surface area contributed by atoms with E-state index in [4.69, 9.17) is 14.0 Å². The number of rotatable bonds is 7. The number of carbonyl (C=O) groups excluding carboxylic acids is 2. The van der Waals surface area contributed by atoms with Crippen molar-refractivity contribution < 1.29 is 23.6 Å². The van der Waals surface area contributed by atoms with Crippen molar-refractivity contribution in [2.45, 2.75) is 25.2 Å². The molecule has 1 aromatic heterocycles. The van der Waals surface area contributed by atoms with Crippen molar-refractivity contribution in [3.8, 4) is 11.5 Å². The smallest absolute Gasteiger partial charge is 0.238 e. The van der Waals surface area contributed by atoms with Crippen molar-refractivity contribution in [1.82, 2.24) is 10.5 Å². The van der Waals surface area contributed by atoms with Crippen LogP contribution in [-0.2, 0) is 9.59 Å². The zero-order chi connectivity index (χ0) is 19.2. The molecule has 2 N–H and O–H groups in total. The highest BCUT2D eigenvalue weighted by atomic mass is 32.2. The summed E-state index contributed by atoms with van der Waals surface area (Å²) in [5.74, 6) is 2.12. The minimum absolute atomic E-state index is 0.163. The molecule has 0 spiro atoms. The molecule has 2 amide bonds. The monoisotopic (exact) mass is 391 g/mol. The Hall–Kier alpha value is -2.68. The number of hydrogen-bond acceptors (Lipinski definition) is 7. The first kappa shape index (κ1) is 19.1. The van der Waals surface area contributed by atoms with Crippen molar-refractivity contribution in [1.29, 1.82) is 0 Å². The van der Waals surface area contributed by atoms with Gasteiger partial charge in [0.25, 0.3) is 0 Å². The highest BCUT2D eigenvalue weighted by Gasteiger charge is 2.22. The van der Waals surface area contributed by atoms with Crippen molar-refractivity contribution in [3.63, 3.8) is 0 Å². The molecule has 0 bridgehead atoms. The van der Waals surface area contributed by atoms with Gasteiger partial charge >= 0.3 is 0 Å². The largest absolute Gasteiger partial charge is 0.486 e. The third-order valence-corrected chi connectivity index (χ3v) is 4.95.